The second kappa shape index (κ2) is 6.38. The molecule has 0 spiro atoms. The van der Waals surface area contributed by atoms with E-state index in [9.17, 15) is 0 Å². The molecule has 0 bridgehead atoms. The van der Waals surface area contributed by atoms with Crippen LogP contribution in [0.4, 0.5) is 0 Å². The Morgan fingerprint density at radius 1 is 1.32 bits per heavy atom. The molecule has 0 aliphatic heterocycles. The van der Waals surface area contributed by atoms with Crippen molar-refractivity contribution in [1.82, 2.24) is 15.1 Å². The number of hydrogen-bond acceptors (Lipinski definition) is 2. The molecule has 0 fully saturated rings. The predicted molar refractivity (Wildman–Crippen MR) is 83.2 cm³/mol. The Morgan fingerprint density at radius 2 is 1.95 bits per heavy atom. The first-order chi connectivity index (χ1) is 8.69. The number of nitrogens with zero attached hydrogens (tertiary/aromatic N) is 2. The average molecular weight is 263 g/mol. The van der Waals surface area contributed by atoms with E-state index in [1.165, 1.54) is 11.1 Å². The Hall–Kier alpha value is -1.09. The number of aromatic nitrogens is 2. The summed E-state index contributed by atoms with van der Waals surface area (Å²) in [6, 6.07) is 0.414. The standard InChI is InChI=1S/C16H29N3/c1-12(2)15(10-17-16(5,6)7)8-14-9-18-19(11-14)13(3)4/h8-9,11-13,17H,10H2,1-7H3. The highest BCUT2D eigenvalue weighted by Crippen LogP contribution is 2.16. The Bertz CT molecular complexity index is 419. The van der Waals surface area contributed by atoms with Crippen molar-refractivity contribution in [2.45, 2.75) is 60.0 Å². The Morgan fingerprint density at radius 3 is 2.37 bits per heavy atom. The second-order valence-corrected chi connectivity index (χ2v) is 6.82. The smallest absolute Gasteiger partial charge is 0.0562 e. The van der Waals surface area contributed by atoms with Crippen molar-refractivity contribution in [2.75, 3.05) is 6.54 Å². The lowest BCUT2D eigenvalue weighted by atomic mass is 9.99. The Kier molecular flexibility index (Phi) is 5.36. The fourth-order valence-corrected chi connectivity index (χ4v) is 1.71. The minimum Gasteiger partial charge on any atom is -0.308 e. The molecule has 0 radical (unpaired) electrons. The fourth-order valence-electron chi connectivity index (χ4n) is 1.71. The third-order valence-electron chi connectivity index (χ3n) is 3.07. The van der Waals surface area contributed by atoms with Crippen molar-refractivity contribution in [2.24, 2.45) is 5.92 Å². The molecule has 0 saturated heterocycles. The maximum absolute atomic E-state index is 4.39. The molecule has 0 unspecified atom stereocenters. The highest BCUT2D eigenvalue weighted by Gasteiger charge is 2.11. The number of hydrogen-bond donors (Lipinski definition) is 1. The molecule has 1 rings (SSSR count). The largest absolute Gasteiger partial charge is 0.308 e. The van der Waals surface area contributed by atoms with Gasteiger partial charge in [-0.05, 0) is 40.5 Å². The minimum absolute atomic E-state index is 0.149. The van der Waals surface area contributed by atoms with E-state index in [0.29, 0.717) is 12.0 Å². The van der Waals surface area contributed by atoms with Crippen LogP contribution in [0.25, 0.3) is 6.08 Å². The van der Waals surface area contributed by atoms with Gasteiger partial charge in [0, 0.05) is 29.9 Å². The monoisotopic (exact) mass is 263 g/mol. The van der Waals surface area contributed by atoms with Crippen molar-refractivity contribution < 1.29 is 0 Å². The van der Waals surface area contributed by atoms with Gasteiger partial charge in [-0.3, -0.25) is 4.68 Å². The van der Waals surface area contributed by atoms with Gasteiger partial charge in [0.15, 0.2) is 0 Å². The maximum Gasteiger partial charge on any atom is 0.0562 e. The maximum atomic E-state index is 4.39. The molecular weight excluding hydrogens is 234 g/mol. The van der Waals surface area contributed by atoms with Crippen LogP contribution in [0, 0.1) is 5.92 Å². The summed E-state index contributed by atoms with van der Waals surface area (Å²) in [6.07, 6.45) is 6.32. The summed E-state index contributed by atoms with van der Waals surface area (Å²) in [5, 5.41) is 7.95. The van der Waals surface area contributed by atoms with Gasteiger partial charge in [-0.2, -0.15) is 5.10 Å². The molecule has 1 heterocycles. The third-order valence-corrected chi connectivity index (χ3v) is 3.07. The molecule has 0 aliphatic carbocycles. The van der Waals surface area contributed by atoms with Gasteiger partial charge < -0.3 is 5.32 Å². The molecule has 3 nitrogen and oxygen atoms in total. The second-order valence-electron chi connectivity index (χ2n) is 6.82. The van der Waals surface area contributed by atoms with Gasteiger partial charge in [0.05, 0.1) is 6.20 Å². The van der Waals surface area contributed by atoms with Crippen LogP contribution in [-0.2, 0) is 0 Å². The summed E-state index contributed by atoms with van der Waals surface area (Å²) in [4.78, 5) is 0. The minimum atomic E-state index is 0.149. The van der Waals surface area contributed by atoms with Crippen LogP contribution >= 0.6 is 0 Å². The predicted octanol–water partition coefficient (Wildman–Crippen LogP) is 3.89. The lowest BCUT2D eigenvalue weighted by Crippen LogP contribution is -2.37. The van der Waals surface area contributed by atoms with Crippen LogP contribution in [0.5, 0.6) is 0 Å². The molecule has 0 amide bonds. The summed E-state index contributed by atoms with van der Waals surface area (Å²) < 4.78 is 2.00. The molecule has 108 valence electrons. The van der Waals surface area contributed by atoms with Crippen molar-refractivity contribution in [3.63, 3.8) is 0 Å². The first kappa shape index (κ1) is 16.0. The van der Waals surface area contributed by atoms with Gasteiger partial charge >= 0.3 is 0 Å². The molecule has 0 saturated carbocycles. The molecular formula is C16H29N3. The van der Waals surface area contributed by atoms with Crippen LogP contribution in [0.1, 0.15) is 60.1 Å². The Labute approximate surface area is 118 Å². The highest BCUT2D eigenvalue weighted by atomic mass is 15.3. The zero-order valence-corrected chi connectivity index (χ0v) is 13.5. The van der Waals surface area contributed by atoms with E-state index in [1.54, 1.807) is 0 Å². The van der Waals surface area contributed by atoms with E-state index in [4.69, 9.17) is 0 Å². The number of rotatable bonds is 5. The van der Waals surface area contributed by atoms with E-state index in [1.807, 2.05) is 10.9 Å². The van der Waals surface area contributed by atoms with Gasteiger partial charge in [-0.25, -0.2) is 0 Å². The topological polar surface area (TPSA) is 29.9 Å². The SMILES string of the molecule is CC(C)C(=Cc1cnn(C(C)C)c1)CNC(C)(C)C. The van der Waals surface area contributed by atoms with Crippen molar-refractivity contribution >= 4 is 6.08 Å². The first-order valence-corrected chi connectivity index (χ1v) is 7.18. The molecule has 0 aromatic carbocycles. The summed E-state index contributed by atoms with van der Waals surface area (Å²) in [7, 11) is 0. The zero-order chi connectivity index (χ0) is 14.6. The highest BCUT2D eigenvalue weighted by molar-refractivity contribution is 5.52. The summed E-state index contributed by atoms with van der Waals surface area (Å²) in [5.41, 5.74) is 2.75. The zero-order valence-electron chi connectivity index (χ0n) is 13.5. The van der Waals surface area contributed by atoms with Gasteiger partial charge in [0.1, 0.15) is 0 Å². The van der Waals surface area contributed by atoms with E-state index in [2.05, 4.69) is 71.2 Å². The molecule has 1 aromatic heterocycles. The van der Waals surface area contributed by atoms with Crippen LogP contribution < -0.4 is 5.32 Å². The first-order valence-electron chi connectivity index (χ1n) is 7.18. The lowest BCUT2D eigenvalue weighted by molar-refractivity contribution is 0.437. The van der Waals surface area contributed by atoms with Crippen LogP contribution in [0.2, 0.25) is 0 Å². The van der Waals surface area contributed by atoms with Crippen LogP contribution in [0.15, 0.2) is 18.0 Å². The van der Waals surface area contributed by atoms with E-state index >= 15 is 0 Å². The molecule has 1 aromatic rings. The van der Waals surface area contributed by atoms with E-state index < -0.39 is 0 Å². The Balaban J connectivity index is 2.82. The fraction of sp³-hybridized carbons (Fsp3) is 0.688. The molecule has 1 N–H and O–H groups in total. The van der Waals surface area contributed by atoms with Crippen molar-refractivity contribution in [3.05, 3.63) is 23.5 Å². The summed E-state index contributed by atoms with van der Waals surface area (Å²) in [5.74, 6) is 0.539. The molecule has 0 atom stereocenters. The van der Waals surface area contributed by atoms with Crippen LogP contribution in [0.3, 0.4) is 0 Å². The van der Waals surface area contributed by atoms with E-state index in [0.717, 1.165) is 6.54 Å². The summed E-state index contributed by atoms with van der Waals surface area (Å²) in [6.45, 7) is 16.3. The van der Waals surface area contributed by atoms with Gasteiger partial charge in [-0.1, -0.05) is 25.5 Å². The molecule has 0 aliphatic rings. The quantitative estimate of drug-likeness (QED) is 0.873. The van der Waals surface area contributed by atoms with Gasteiger partial charge in [0.25, 0.3) is 0 Å². The van der Waals surface area contributed by atoms with Gasteiger partial charge in [0.2, 0.25) is 0 Å². The molecule has 3 heteroatoms. The van der Waals surface area contributed by atoms with E-state index in [-0.39, 0.29) is 5.54 Å². The van der Waals surface area contributed by atoms with Crippen molar-refractivity contribution in [1.29, 1.82) is 0 Å². The normalized spacial score (nSPS) is 13.6. The van der Waals surface area contributed by atoms with Gasteiger partial charge in [-0.15, -0.1) is 0 Å². The lowest BCUT2D eigenvalue weighted by Gasteiger charge is -2.23. The molecule has 19 heavy (non-hydrogen) atoms. The van der Waals surface area contributed by atoms with Crippen LogP contribution in [-0.4, -0.2) is 21.9 Å². The number of nitrogens with one attached hydrogen (secondary N) is 1. The van der Waals surface area contributed by atoms with Crippen molar-refractivity contribution in [3.8, 4) is 0 Å². The third kappa shape index (κ3) is 5.60. The summed E-state index contributed by atoms with van der Waals surface area (Å²) >= 11 is 0. The average Bonchev–Trinajstić information content (AvgIpc) is 2.70.